The molecule has 2 aromatic rings. The van der Waals surface area contributed by atoms with Gasteiger partial charge in [0.1, 0.15) is 10.7 Å². The van der Waals surface area contributed by atoms with Crippen LogP contribution in [0.2, 0.25) is 0 Å². The number of carbonyl (C=O) groups is 1. The summed E-state index contributed by atoms with van der Waals surface area (Å²) in [5.74, 6) is 0.0480. The normalized spacial score (nSPS) is 18.0. The van der Waals surface area contributed by atoms with E-state index in [0.29, 0.717) is 30.0 Å². The van der Waals surface area contributed by atoms with Crippen LogP contribution in [-0.4, -0.2) is 26.6 Å². The molecule has 0 bridgehead atoms. The van der Waals surface area contributed by atoms with Gasteiger partial charge in [0, 0.05) is 11.6 Å². The Hall–Kier alpha value is -2.46. The van der Waals surface area contributed by atoms with Gasteiger partial charge in [-0.15, -0.1) is 4.36 Å². The number of ether oxygens (including phenoxy) is 1. The Morgan fingerprint density at radius 1 is 1.33 bits per heavy atom. The molecule has 0 saturated carbocycles. The summed E-state index contributed by atoms with van der Waals surface area (Å²) in [5.41, 5.74) is 1.73. The highest BCUT2D eigenvalue weighted by Crippen LogP contribution is 2.34. The number of hydrogen-bond donors (Lipinski definition) is 2. The maximum atomic E-state index is 14.1. The minimum absolute atomic E-state index is 0.0474. The summed E-state index contributed by atoms with van der Waals surface area (Å²) in [7, 11) is -3.59. The molecule has 1 aliphatic rings. The Kier molecular flexibility index (Phi) is 6.19. The van der Waals surface area contributed by atoms with Gasteiger partial charge in [0.05, 0.1) is 19.3 Å². The van der Waals surface area contributed by atoms with E-state index in [-0.39, 0.29) is 34.3 Å². The van der Waals surface area contributed by atoms with Crippen LogP contribution < -0.4 is 15.2 Å². The second-order valence-corrected chi connectivity index (χ2v) is 10.0. The number of rotatable bonds is 4. The molecule has 2 unspecified atom stereocenters. The standard InChI is InChI=1S/C20H28FN5O3S/c1-11(2)15-6-14(21)7-16(12(3)4)18(15)24-20(27)25-30(22,28)17-8-23-26-9-13(5)10-29-19(17)26/h6-8,11-13H,9-10H2,1-5H3,(H3,22,24,25,27,28). The van der Waals surface area contributed by atoms with Crippen LogP contribution in [-0.2, 0) is 16.5 Å². The number of hydrogen-bond acceptors (Lipinski definition) is 4. The summed E-state index contributed by atoms with van der Waals surface area (Å²) in [5, 5.41) is 12.7. The van der Waals surface area contributed by atoms with Crippen molar-refractivity contribution in [2.45, 2.75) is 57.9 Å². The number of urea groups is 1. The summed E-state index contributed by atoms with van der Waals surface area (Å²) in [4.78, 5) is 12.8. The Morgan fingerprint density at radius 3 is 2.50 bits per heavy atom. The molecular formula is C20H28FN5O3S. The first-order valence-electron chi connectivity index (χ1n) is 9.87. The number of anilines is 1. The number of nitrogens with one attached hydrogen (secondary N) is 1. The smallest absolute Gasteiger partial charge is 0.354 e. The highest BCUT2D eigenvalue weighted by atomic mass is 32.2. The fraction of sp³-hybridized carbons (Fsp3) is 0.500. The van der Waals surface area contributed by atoms with Crippen molar-refractivity contribution >= 4 is 21.6 Å². The number of fused-ring (bicyclic) bond motifs is 1. The lowest BCUT2D eigenvalue weighted by Gasteiger charge is -2.21. The molecule has 2 amide bonds. The molecule has 10 heteroatoms. The largest absolute Gasteiger partial charge is 0.477 e. The first-order chi connectivity index (χ1) is 14.0. The Balaban J connectivity index is 1.97. The zero-order valence-electron chi connectivity index (χ0n) is 17.8. The monoisotopic (exact) mass is 437 g/mol. The molecular weight excluding hydrogens is 409 g/mol. The van der Waals surface area contributed by atoms with Crippen LogP contribution >= 0.6 is 0 Å². The van der Waals surface area contributed by atoms with Crippen molar-refractivity contribution in [1.82, 2.24) is 9.78 Å². The van der Waals surface area contributed by atoms with E-state index in [2.05, 4.69) is 14.8 Å². The molecule has 0 radical (unpaired) electrons. The average molecular weight is 438 g/mol. The van der Waals surface area contributed by atoms with E-state index in [4.69, 9.17) is 9.88 Å². The second kappa shape index (κ2) is 8.35. The maximum absolute atomic E-state index is 14.1. The SMILES string of the molecule is CC1COc2c(S(N)(=O)=NC(=O)Nc3c(C(C)C)cc(F)cc3C(C)C)cnn2C1. The average Bonchev–Trinajstić information content (AvgIpc) is 3.05. The number of halogens is 1. The summed E-state index contributed by atoms with van der Waals surface area (Å²) in [6, 6.07) is 1.89. The molecule has 3 N–H and O–H groups in total. The lowest BCUT2D eigenvalue weighted by Crippen LogP contribution is -2.25. The maximum Gasteiger partial charge on any atom is 0.354 e. The summed E-state index contributed by atoms with van der Waals surface area (Å²) < 4.78 is 38.0. The minimum Gasteiger partial charge on any atom is -0.477 e. The van der Waals surface area contributed by atoms with Crippen LogP contribution in [0, 0.1) is 11.7 Å². The van der Waals surface area contributed by atoms with Crippen LogP contribution in [0.4, 0.5) is 14.9 Å². The third-order valence-corrected chi connectivity index (χ3v) is 6.27. The third kappa shape index (κ3) is 4.49. The van der Waals surface area contributed by atoms with Crippen LogP contribution in [0.3, 0.4) is 0 Å². The van der Waals surface area contributed by atoms with Crippen molar-refractivity contribution in [2.75, 3.05) is 11.9 Å². The van der Waals surface area contributed by atoms with Crippen LogP contribution in [0.5, 0.6) is 5.88 Å². The summed E-state index contributed by atoms with van der Waals surface area (Å²) in [6.07, 6.45) is 1.32. The van der Waals surface area contributed by atoms with Gasteiger partial charge in [-0.05, 0) is 35.1 Å². The quantitative estimate of drug-likeness (QED) is 0.745. The van der Waals surface area contributed by atoms with Gasteiger partial charge in [0.2, 0.25) is 5.88 Å². The van der Waals surface area contributed by atoms with E-state index < -0.39 is 15.9 Å². The molecule has 1 aliphatic heterocycles. The Bertz CT molecular complexity index is 1060. The zero-order chi connectivity index (χ0) is 22.2. The molecule has 0 fully saturated rings. The fourth-order valence-corrected chi connectivity index (χ4v) is 4.41. The molecule has 1 aromatic heterocycles. The fourth-order valence-electron chi connectivity index (χ4n) is 3.41. The van der Waals surface area contributed by atoms with Gasteiger partial charge in [-0.25, -0.2) is 23.2 Å². The molecule has 8 nitrogen and oxygen atoms in total. The van der Waals surface area contributed by atoms with E-state index in [1.165, 1.54) is 18.3 Å². The highest BCUT2D eigenvalue weighted by Gasteiger charge is 2.26. The van der Waals surface area contributed by atoms with Gasteiger partial charge in [-0.3, -0.25) is 0 Å². The third-order valence-electron chi connectivity index (χ3n) is 4.92. The van der Waals surface area contributed by atoms with Crippen molar-refractivity contribution in [3.63, 3.8) is 0 Å². The molecule has 0 spiro atoms. The first-order valence-corrected chi connectivity index (χ1v) is 11.4. The first kappa shape index (κ1) is 22.2. The molecule has 164 valence electrons. The molecule has 0 saturated heterocycles. The minimum atomic E-state index is -3.59. The van der Waals surface area contributed by atoms with Gasteiger partial charge in [0.15, 0.2) is 9.92 Å². The van der Waals surface area contributed by atoms with Crippen molar-refractivity contribution in [3.05, 3.63) is 35.3 Å². The Morgan fingerprint density at radius 2 is 1.93 bits per heavy atom. The van der Waals surface area contributed by atoms with E-state index in [1.807, 2.05) is 34.6 Å². The summed E-state index contributed by atoms with van der Waals surface area (Å²) in [6.45, 7) is 10.6. The predicted molar refractivity (Wildman–Crippen MR) is 114 cm³/mol. The number of carbonyl (C=O) groups excluding carboxylic acids is 1. The van der Waals surface area contributed by atoms with E-state index in [9.17, 15) is 13.4 Å². The Labute approximate surface area is 176 Å². The molecule has 2 heterocycles. The summed E-state index contributed by atoms with van der Waals surface area (Å²) >= 11 is 0. The van der Waals surface area contributed by atoms with Gasteiger partial charge in [-0.1, -0.05) is 34.6 Å². The molecule has 30 heavy (non-hydrogen) atoms. The number of nitrogens with two attached hydrogens (primary N) is 1. The number of aromatic nitrogens is 2. The van der Waals surface area contributed by atoms with Crippen molar-refractivity contribution in [1.29, 1.82) is 0 Å². The van der Waals surface area contributed by atoms with Crippen LogP contribution in [0.15, 0.2) is 27.6 Å². The zero-order valence-corrected chi connectivity index (χ0v) is 18.6. The molecule has 0 aliphatic carbocycles. The highest BCUT2D eigenvalue weighted by molar-refractivity contribution is 7.91. The van der Waals surface area contributed by atoms with Crippen molar-refractivity contribution < 1.29 is 18.1 Å². The number of amides is 2. The molecule has 3 rings (SSSR count). The van der Waals surface area contributed by atoms with Crippen LogP contribution in [0.25, 0.3) is 0 Å². The van der Waals surface area contributed by atoms with E-state index >= 15 is 0 Å². The van der Waals surface area contributed by atoms with E-state index in [0.717, 1.165) is 0 Å². The van der Waals surface area contributed by atoms with Crippen molar-refractivity contribution in [3.8, 4) is 5.88 Å². The lowest BCUT2D eigenvalue weighted by molar-refractivity contribution is 0.171. The van der Waals surface area contributed by atoms with Gasteiger partial charge < -0.3 is 10.1 Å². The van der Waals surface area contributed by atoms with Gasteiger partial charge >= 0.3 is 6.03 Å². The van der Waals surface area contributed by atoms with Gasteiger partial charge in [0.25, 0.3) is 0 Å². The predicted octanol–water partition coefficient (Wildman–Crippen LogP) is 4.23. The van der Waals surface area contributed by atoms with E-state index in [1.54, 1.807) is 4.68 Å². The number of nitrogens with zero attached hydrogens (tertiary/aromatic N) is 3. The molecule has 2 atom stereocenters. The van der Waals surface area contributed by atoms with Gasteiger partial charge in [-0.2, -0.15) is 5.10 Å². The second-order valence-electron chi connectivity index (χ2n) is 8.27. The van der Waals surface area contributed by atoms with Crippen molar-refractivity contribution in [2.24, 2.45) is 15.4 Å². The van der Waals surface area contributed by atoms with Crippen LogP contribution in [0.1, 0.15) is 57.6 Å². The topological polar surface area (TPSA) is 112 Å². The lowest BCUT2D eigenvalue weighted by atomic mass is 9.92. The number of benzene rings is 1. The molecule has 1 aromatic carbocycles.